The minimum Gasteiger partial charge on any atom is -0.493 e. The van der Waals surface area contributed by atoms with E-state index in [1.807, 2.05) is 13.8 Å². The topological polar surface area (TPSA) is 61.8 Å². The van der Waals surface area contributed by atoms with Crippen LogP contribution in [0.3, 0.4) is 0 Å². The first-order valence-corrected chi connectivity index (χ1v) is 10.6. The number of esters is 2. The number of hydrogen-bond acceptors (Lipinski definition) is 5. The van der Waals surface area contributed by atoms with Crippen molar-refractivity contribution in [1.29, 1.82) is 0 Å². The van der Waals surface area contributed by atoms with Crippen LogP contribution in [0, 0.1) is 5.41 Å². The number of ether oxygens (including phenoxy) is 3. The molecule has 0 aromatic heterocycles. The number of unbranched alkanes of at least 4 members (excludes halogenated alkanes) is 6. The highest BCUT2D eigenvalue weighted by atomic mass is 16.6. The van der Waals surface area contributed by atoms with E-state index in [4.69, 9.17) is 14.2 Å². The number of para-hydroxylation sites is 2. The Bertz CT molecular complexity index is 592. The molecule has 158 valence electrons. The van der Waals surface area contributed by atoms with E-state index in [1.165, 1.54) is 32.8 Å². The summed E-state index contributed by atoms with van der Waals surface area (Å²) >= 11 is 0. The molecule has 0 spiro atoms. The molecular formula is C23H36O5. The fourth-order valence-electron chi connectivity index (χ4n) is 3.17. The van der Waals surface area contributed by atoms with Gasteiger partial charge in [0, 0.05) is 0 Å². The van der Waals surface area contributed by atoms with Crippen LogP contribution in [0.15, 0.2) is 24.3 Å². The van der Waals surface area contributed by atoms with E-state index in [0.717, 1.165) is 19.3 Å². The molecule has 0 N–H and O–H groups in total. The molecule has 0 aliphatic carbocycles. The fourth-order valence-corrected chi connectivity index (χ4v) is 3.17. The molecule has 0 fully saturated rings. The minimum atomic E-state index is -1.29. The zero-order chi connectivity index (χ0) is 20.8. The molecule has 28 heavy (non-hydrogen) atoms. The average molecular weight is 393 g/mol. The van der Waals surface area contributed by atoms with Crippen molar-refractivity contribution in [2.45, 2.75) is 78.6 Å². The van der Waals surface area contributed by atoms with Crippen LogP contribution >= 0.6 is 0 Å². The first-order chi connectivity index (χ1) is 13.6. The molecule has 0 saturated heterocycles. The molecular weight excluding hydrogens is 356 g/mol. The number of hydrogen-bond donors (Lipinski definition) is 0. The summed E-state index contributed by atoms with van der Waals surface area (Å²) in [6.45, 7) is 6.16. The number of methoxy groups -OCH3 is 1. The Morgan fingerprint density at radius 1 is 0.821 bits per heavy atom. The number of carbonyl (C=O) groups is 2. The van der Waals surface area contributed by atoms with E-state index in [0.29, 0.717) is 30.9 Å². The highest BCUT2D eigenvalue weighted by Gasteiger charge is 2.46. The average Bonchev–Trinajstić information content (AvgIpc) is 2.71. The first kappa shape index (κ1) is 24.0. The van der Waals surface area contributed by atoms with Crippen molar-refractivity contribution < 1.29 is 23.8 Å². The van der Waals surface area contributed by atoms with Crippen LogP contribution in [0.25, 0.3) is 0 Å². The van der Waals surface area contributed by atoms with Gasteiger partial charge in [0.2, 0.25) is 0 Å². The summed E-state index contributed by atoms with van der Waals surface area (Å²) in [5, 5.41) is 0. The maximum Gasteiger partial charge on any atom is 0.328 e. The Morgan fingerprint density at radius 2 is 1.39 bits per heavy atom. The molecule has 0 aliphatic rings. The van der Waals surface area contributed by atoms with Crippen LogP contribution in [0.4, 0.5) is 0 Å². The van der Waals surface area contributed by atoms with Crippen molar-refractivity contribution in [1.82, 2.24) is 0 Å². The quantitative estimate of drug-likeness (QED) is 0.176. The zero-order valence-corrected chi connectivity index (χ0v) is 17.9. The summed E-state index contributed by atoms with van der Waals surface area (Å²) in [4.78, 5) is 25.6. The molecule has 0 radical (unpaired) electrons. The fraction of sp³-hybridized carbons (Fsp3) is 0.652. The monoisotopic (exact) mass is 392 g/mol. The van der Waals surface area contributed by atoms with Gasteiger partial charge in [-0.1, -0.05) is 71.4 Å². The molecule has 0 atom stereocenters. The van der Waals surface area contributed by atoms with Gasteiger partial charge in [0.15, 0.2) is 16.9 Å². The van der Waals surface area contributed by atoms with E-state index >= 15 is 0 Å². The van der Waals surface area contributed by atoms with Gasteiger partial charge in [-0.25, -0.2) is 0 Å². The van der Waals surface area contributed by atoms with Crippen LogP contribution in [0.5, 0.6) is 11.5 Å². The van der Waals surface area contributed by atoms with Gasteiger partial charge in [0.1, 0.15) is 0 Å². The van der Waals surface area contributed by atoms with Gasteiger partial charge in [-0.2, -0.15) is 0 Å². The summed E-state index contributed by atoms with van der Waals surface area (Å²) in [6, 6.07) is 6.90. The molecule has 0 amide bonds. The summed E-state index contributed by atoms with van der Waals surface area (Å²) in [7, 11) is 1.51. The lowest BCUT2D eigenvalue weighted by Crippen LogP contribution is -2.42. The normalized spacial score (nSPS) is 11.1. The van der Waals surface area contributed by atoms with Gasteiger partial charge in [-0.15, -0.1) is 0 Å². The van der Waals surface area contributed by atoms with Gasteiger partial charge in [0.25, 0.3) is 0 Å². The molecule has 1 aromatic rings. The third-order valence-electron chi connectivity index (χ3n) is 5.24. The van der Waals surface area contributed by atoms with Crippen LogP contribution in [-0.4, -0.2) is 25.7 Å². The third-order valence-corrected chi connectivity index (χ3v) is 5.24. The third kappa shape index (κ3) is 6.84. The van der Waals surface area contributed by atoms with Gasteiger partial charge >= 0.3 is 11.9 Å². The first-order valence-electron chi connectivity index (χ1n) is 10.6. The molecule has 0 unspecified atom stereocenters. The van der Waals surface area contributed by atoms with Gasteiger partial charge in [0.05, 0.1) is 13.7 Å². The van der Waals surface area contributed by atoms with Crippen molar-refractivity contribution >= 4 is 11.9 Å². The van der Waals surface area contributed by atoms with Crippen LogP contribution in [0.2, 0.25) is 0 Å². The predicted molar refractivity (Wildman–Crippen MR) is 111 cm³/mol. The van der Waals surface area contributed by atoms with E-state index < -0.39 is 17.4 Å². The minimum absolute atomic E-state index is 0.307. The Hall–Kier alpha value is -2.04. The SMILES string of the molecule is CCCCCCCCCOC(=O)C(CC)(CC)C(=O)Oc1ccccc1OC. The Morgan fingerprint density at radius 3 is 1.96 bits per heavy atom. The summed E-state index contributed by atoms with van der Waals surface area (Å²) < 4.78 is 16.2. The Labute approximate surface area is 169 Å². The lowest BCUT2D eigenvalue weighted by atomic mass is 9.82. The van der Waals surface area contributed by atoms with E-state index in [1.54, 1.807) is 24.3 Å². The second-order valence-corrected chi connectivity index (χ2v) is 7.09. The lowest BCUT2D eigenvalue weighted by Gasteiger charge is -2.27. The van der Waals surface area contributed by atoms with Crippen molar-refractivity contribution in [3.05, 3.63) is 24.3 Å². The molecule has 1 rings (SSSR count). The summed E-state index contributed by atoms with van der Waals surface area (Å²) in [6.07, 6.45) is 8.66. The maximum atomic E-state index is 12.9. The van der Waals surface area contributed by atoms with E-state index in [9.17, 15) is 9.59 Å². The number of carbonyl (C=O) groups excluding carboxylic acids is 2. The highest BCUT2D eigenvalue weighted by Crippen LogP contribution is 2.34. The van der Waals surface area contributed by atoms with Crippen molar-refractivity contribution in [3.63, 3.8) is 0 Å². The molecule has 0 aliphatic heterocycles. The van der Waals surface area contributed by atoms with Gasteiger partial charge in [-0.05, 0) is 31.4 Å². The predicted octanol–water partition coefficient (Wildman–Crippen LogP) is 5.70. The largest absolute Gasteiger partial charge is 0.493 e. The maximum absolute atomic E-state index is 12.9. The second kappa shape index (κ2) is 13.2. The van der Waals surface area contributed by atoms with Gasteiger partial charge in [-0.3, -0.25) is 9.59 Å². The number of benzene rings is 1. The molecule has 1 aromatic carbocycles. The second-order valence-electron chi connectivity index (χ2n) is 7.09. The van der Waals surface area contributed by atoms with Crippen LogP contribution in [-0.2, 0) is 14.3 Å². The van der Waals surface area contributed by atoms with E-state index in [2.05, 4.69) is 6.92 Å². The standard InChI is InChI=1S/C23H36O5/c1-5-8-9-10-11-12-15-18-27-21(24)23(6-2,7-3)22(25)28-20-17-14-13-16-19(20)26-4/h13-14,16-17H,5-12,15,18H2,1-4H3. The molecule has 0 bridgehead atoms. The zero-order valence-electron chi connectivity index (χ0n) is 17.9. The summed E-state index contributed by atoms with van der Waals surface area (Å²) in [5.74, 6) is -0.329. The van der Waals surface area contributed by atoms with Crippen LogP contribution in [0.1, 0.15) is 78.6 Å². The number of rotatable bonds is 14. The van der Waals surface area contributed by atoms with Crippen molar-refractivity contribution in [3.8, 4) is 11.5 Å². The Kier molecular flexibility index (Phi) is 11.3. The lowest BCUT2D eigenvalue weighted by molar-refractivity contribution is -0.168. The highest BCUT2D eigenvalue weighted by molar-refractivity contribution is 6.00. The molecule has 5 heteroatoms. The Balaban J connectivity index is 2.60. The molecule has 0 saturated carbocycles. The summed E-state index contributed by atoms with van der Waals surface area (Å²) in [5.41, 5.74) is -1.29. The van der Waals surface area contributed by atoms with Gasteiger partial charge < -0.3 is 14.2 Å². The van der Waals surface area contributed by atoms with Crippen LogP contribution < -0.4 is 9.47 Å². The smallest absolute Gasteiger partial charge is 0.328 e. The molecule has 5 nitrogen and oxygen atoms in total. The molecule has 0 heterocycles. The van der Waals surface area contributed by atoms with E-state index in [-0.39, 0.29) is 0 Å². The van der Waals surface area contributed by atoms with Crippen molar-refractivity contribution in [2.24, 2.45) is 5.41 Å². The van der Waals surface area contributed by atoms with Crippen molar-refractivity contribution in [2.75, 3.05) is 13.7 Å².